The first kappa shape index (κ1) is 14.0. The maximum atomic E-state index is 11.5. The summed E-state index contributed by atoms with van der Waals surface area (Å²) in [6.45, 7) is 7.35. The van der Waals surface area contributed by atoms with E-state index >= 15 is 0 Å². The lowest BCUT2D eigenvalue weighted by Crippen LogP contribution is -2.42. The van der Waals surface area contributed by atoms with Crippen molar-refractivity contribution in [2.45, 2.75) is 46.1 Å². The van der Waals surface area contributed by atoms with Gasteiger partial charge in [-0.2, -0.15) is 0 Å². The van der Waals surface area contributed by atoms with Crippen LogP contribution in [0.25, 0.3) is 0 Å². The predicted molar refractivity (Wildman–Crippen MR) is 63.4 cm³/mol. The molecule has 0 aromatic heterocycles. The van der Waals surface area contributed by atoms with Gasteiger partial charge in [0.1, 0.15) is 0 Å². The minimum absolute atomic E-state index is 0.0768. The van der Waals surface area contributed by atoms with E-state index in [1.54, 1.807) is 0 Å². The van der Waals surface area contributed by atoms with Crippen molar-refractivity contribution < 1.29 is 4.79 Å². The standard InChI is InChI=1S/C12H22N2O/c1-4-6-8-10-13-11(3)12(15)14-9-7-5-2/h11,13H,5,7-10H2,1-3H3,(H,14,15). The Labute approximate surface area is 93.0 Å². The van der Waals surface area contributed by atoms with Crippen molar-refractivity contribution in [3.05, 3.63) is 0 Å². The maximum Gasteiger partial charge on any atom is 0.236 e. The third-order valence-corrected chi connectivity index (χ3v) is 2.10. The largest absolute Gasteiger partial charge is 0.355 e. The number of hydrogen-bond acceptors (Lipinski definition) is 2. The quantitative estimate of drug-likeness (QED) is 0.491. The molecule has 86 valence electrons. The van der Waals surface area contributed by atoms with Gasteiger partial charge in [0.25, 0.3) is 0 Å². The minimum atomic E-state index is -0.125. The second-order valence-corrected chi connectivity index (χ2v) is 3.50. The lowest BCUT2D eigenvalue weighted by molar-refractivity contribution is -0.122. The first-order chi connectivity index (χ1) is 7.22. The molecule has 0 aliphatic heterocycles. The predicted octanol–water partition coefficient (Wildman–Crippen LogP) is 1.29. The van der Waals surface area contributed by atoms with Gasteiger partial charge >= 0.3 is 0 Å². The van der Waals surface area contributed by atoms with E-state index in [9.17, 15) is 4.79 Å². The van der Waals surface area contributed by atoms with Crippen molar-refractivity contribution in [3.63, 3.8) is 0 Å². The van der Waals surface area contributed by atoms with E-state index in [-0.39, 0.29) is 11.9 Å². The summed E-state index contributed by atoms with van der Waals surface area (Å²) in [6.07, 6.45) is 2.94. The maximum absolute atomic E-state index is 11.5. The van der Waals surface area contributed by atoms with Crippen molar-refractivity contribution >= 4 is 5.91 Å². The fourth-order valence-corrected chi connectivity index (χ4v) is 1.11. The van der Waals surface area contributed by atoms with Crippen LogP contribution in [-0.4, -0.2) is 25.0 Å². The van der Waals surface area contributed by atoms with Crippen LogP contribution in [0.3, 0.4) is 0 Å². The summed E-state index contributed by atoms with van der Waals surface area (Å²) in [6, 6.07) is -0.125. The molecular weight excluding hydrogens is 188 g/mol. The van der Waals surface area contributed by atoms with Gasteiger partial charge < -0.3 is 10.6 Å². The molecule has 0 saturated carbocycles. The van der Waals surface area contributed by atoms with Gasteiger partial charge in [-0.3, -0.25) is 4.79 Å². The van der Waals surface area contributed by atoms with Crippen molar-refractivity contribution in [2.24, 2.45) is 0 Å². The molecule has 15 heavy (non-hydrogen) atoms. The van der Waals surface area contributed by atoms with Gasteiger partial charge in [0.05, 0.1) is 6.04 Å². The van der Waals surface area contributed by atoms with Crippen LogP contribution < -0.4 is 10.6 Å². The highest BCUT2D eigenvalue weighted by Crippen LogP contribution is 1.86. The van der Waals surface area contributed by atoms with Crippen LogP contribution >= 0.6 is 0 Å². The zero-order chi connectivity index (χ0) is 11.5. The van der Waals surface area contributed by atoms with E-state index < -0.39 is 0 Å². The average molecular weight is 210 g/mol. The average Bonchev–Trinajstić information content (AvgIpc) is 2.24. The molecule has 0 saturated heterocycles. The van der Waals surface area contributed by atoms with Gasteiger partial charge in [0.2, 0.25) is 5.91 Å². The van der Waals surface area contributed by atoms with Crippen molar-refractivity contribution in [3.8, 4) is 11.8 Å². The summed E-state index contributed by atoms with van der Waals surface area (Å²) in [5.74, 6) is 5.85. The molecule has 2 N–H and O–H groups in total. The van der Waals surface area contributed by atoms with Crippen molar-refractivity contribution in [1.29, 1.82) is 0 Å². The Kier molecular flexibility index (Phi) is 8.90. The van der Waals surface area contributed by atoms with Gasteiger partial charge in [0, 0.05) is 19.5 Å². The molecule has 0 aromatic rings. The van der Waals surface area contributed by atoms with E-state index in [1.807, 2.05) is 13.8 Å². The van der Waals surface area contributed by atoms with Crippen LogP contribution in [0.1, 0.15) is 40.0 Å². The van der Waals surface area contributed by atoms with Gasteiger partial charge in [-0.05, 0) is 20.3 Å². The zero-order valence-corrected chi connectivity index (χ0v) is 10.0. The molecule has 1 amide bonds. The van der Waals surface area contributed by atoms with Crippen LogP contribution in [-0.2, 0) is 4.79 Å². The first-order valence-electron chi connectivity index (χ1n) is 5.63. The summed E-state index contributed by atoms with van der Waals surface area (Å²) >= 11 is 0. The summed E-state index contributed by atoms with van der Waals surface area (Å²) in [7, 11) is 0. The van der Waals surface area contributed by atoms with Crippen LogP contribution in [0.5, 0.6) is 0 Å². The molecule has 0 rings (SSSR count). The van der Waals surface area contributed by atoms with E-state index in [2.05, 4.69) is 29.4 Å². The monoisotopic (exact) mass is 210 g/mol. The SMILES string of the molecule is CC#CCCNC(C)C(=O)NCCCC. The summed E-state index contributed by atoms with van der Waals surface area (Å²) in [4.78, 5) is 11.5. The molecule has 0 radical (unpaired) electrons. The van der Waals surface area contributed by atoms with Crippen molar-refractivity contribution in [1.82, 2.24) is 10.6 Å². The zero-order valence-electron chi connectivity index (χ0n) is 10.0. The topological polar surface area (TPSA) is 41.1 Å². The Balaban J connectivity index is 3.53. The highest BCUT2D eigenvalue weighted by Gasteiger charge is 2.09. The van der Waals surface area contributed by atoms with Crippen molar-refractivity contribution in [2.75, 3.05) is 13.1 Å². The molecule has 0 bridgehead atoms. The Morgan fingerprint density at radius 3 is 2.73 bits per heavy atom. The molecule has 0 aromatic carbocycles. The molecule has 0 aliphatic rings. The second kappa shape index (κ2) is 9.54. The van der Waals surface area contributed by atoms with Crippen LogP contribution in [0, 0.1) is 11.8 Å². The van der Waals surface area contributed by atoms with Gasteiger partial charge in [-0.15, -0.1) is 11.8 Å². The highest BCUT2D eigenvalue weighted by molar-refractivity contribution is 5.81. The molecule has 0 spiro atoms. The Bertz CT molecular complexity index is 228. The minimum Gasteiger partial charge on any atom is -0.355 e. The number of carbonyl (C=O) groups excluding carboxylic acids is 1. The second-order valence-electron chi connectivity index (χ2n) is 3.50. The summed E-state index contributed by atoms with van der Waals surface area (Å²) < 4.78 is 0. The summed E-state index contributed by atoms with van der Waals surface area (Å²) in [5.41, 5.74) is 0. The number of unbranched alkanes of at least 4 members (excludes halogenated alkanes) is 1. The van der Waals surface area contributed by atoms with Gasteiger partial charge in [-0.1, -0.05) is 13.3 Å². The number of rotatable bonds is 7. The Morgan fingerprint density at radius 1 is 1.40 bits per heavy atom. The summed E-state index contributed by atoms with van der Waals surface area (Å²) in [5, 5.41) is 6.02. The lowest BCUT2D eigenvalue weighted by Gasteiger charge is -2.12. The number of nitrogens with one attached hydrogen (secondary N) is 2. The molecular formula is C12H22N2O. The van der Waals surface area contributed by atoms with E-state index in [4.69, 9.17) is 0 Å². The smallest absolute Gasteiger partial charge is 0.236 e. The van der Waals surface area contributed by atoms with Gasteiger partial charge in [0.15, 0.2) is 0 Å². The third kappa shape index (κ3) is 8.02. The molecule has 3 heteroatoms. The molecule has 1 atom stereocenters. The number of hydrogen-bond donors (Lipinski definition) is 2. The van der Waals surface area contributed by atoms with E-state index in [0.717, 1.165) is 32.4 Å². The third-order valence-electron chi connectivity index (χ3n) is 2.10. The fourth-order valence-electron chi connectivity index (χ4n) is 1.11. The first-order valence-corrected chi connectivity index (χ1v) is 5.63. The van der Waals surface area contributed by atoms with E-state index in [0.29, 0.717) is 0 Å². The molecule has 1 unspecified atom stereocenters. The highest BCUT2D eigenvalue weighted by atomic mass is 16.2. The molecule has 3 nitrogen and oxygen atoms in total. The van der Waals surface area contributed by atoms with Gasteiger partial charge in [-0.25, -0.2) is 0 Å². The normalized spacial score (nSPS) is 11.4. The molecule has 0 fully saturated rings. The molecule has 0 heterocycles. The fraction of sp³-hybridized carbons (Fsp3) is 0.750. The Morgan fingerprint density at radius 2 is 2.13 bits per heavy atom. The van der Waals surface area contributed by atoms with Crippen LogP contribution in [0.2, 0.25) is 0 Å². The molecule has 0 aliphatic carbocycles. The number of carbonyl (C=O) groups is 1. The number of amides is 1. The van der Waals surface area contributed by atoms with Crippen LogP contribution in [0.15, 0.2) is 0 Å². The van der Waals surface area contributed by atoms with Crippen LogP contribution in [0.4, 0.5) is 0 Å². The van der Waals surface area contributed by atoms with E-state index in [1.165, 1.54) is 0 Å². The lowest BCUT2D eigenvalue weighted by atomic mass is 10.2. The Hall–Kier alpha value is -1.01.